The molecule has 0 aromatic heterocycles. The van der Waals surface area contributed by atoms with E-state index in [4.69, 9.17) is 16.3 Å². The predicted octanol–water partition coefficient (Wildman–Crippen LogP) is 3.03. The molecule has 1 unspecified atom stereocenters. The lowest BCUT2D eigenvalue weighted by Crippen LogP contribution is -2.23. The number of carbonyl (C=O) groups is 1. The molecule has 3 nitrogen and oxygen atoms in total. The van der Waals surface area contributed by atoms with Gasteiger partial charge in [0.2, 0.25) is 0 Å². The molecule has 1 N–H and O–H groups in total. The molecule has 5 heteroatoms. The minimum Gasteiger partial charge on any atom is -0.466 e. The van der Waals surface area contributed by atoms with Crippen LogP contribution in [0.3, 0.4) is 0 Å². The maximum Gasteiger partial charge on any atom is 0.305 e. The van der Waals surface area contributed by atoms with Crippen molar-refractivity contribution in [3.8, 4) is 0 Å². The minimum atomic E-state index is -1.25. The van der Waals surface area contributed by atoms with Crippen LogP contribution in [-0.2, 0) is 15.1 Å². The highest BCUT2D eigenvalue weighted by Gasteiger charge is 2.25. The van der Waals surface area contributed by atoms with E-state index in [1.54, 1.807) is 13.8 Å². The molecule has 0 radical (unpaired) electrons. The van der Waals surface area contributed by atoms with Gasteiger partial charge >= 0.3 is 5.97 Å². The van der Waals surface area contributed by atoms with Gasteiger partial charge in [-0.25, -0.2) is 4.39 Å². The van der Waals surface area contributed by atoms with E-state index in [0.717, 1.165) is 0 Å². The normalized spacial score (nSPS) is 14.1. The summed E-state index contributed by atoms with van der Waals surface area (Å²) in [6.07, 6.45) is 0.281. The first-order valence-electron chi connectivity index (χ1n) is 5.70. The van der Waals surface area contributed by atoms with Gasteiger partial charge in [-0.15, -0.1) is 0 Å². The van der Waals surface area contributed by atoms with E-state index in [1.807, 2.05) is 0 Å². The number of hydrogen-bond donors (Lipinski definition) is 1. The van der Waals surface area contributed by atoms with Crippen LogP contribution in [0.25, 0.3) is 0 Å². The van der Waals surface area contributed by atoms with Crippen molar-refractivity contribution < 1.29 is 19.0 Å². The molecule has 0 aliphatic heterocycles. The average molecular weight is 275 g/mol. The highest BCUT2D eigenvalue weighted by atomic mass is 35.5. The standard InChI is InChI=1S/C13H16ClFO3/c1-3-18-12(16)6-7-13(2,17)9-4-5-11(15)10(14)8-9/h4-5,8,17H,3,6-7H2,1-2H3. The lowest BCUT2D eigenvalue weighted by molar-refractivity contribution is -0.144. The van der Waals surface area contributed by atoms with Crippen LogP contribution in [0.2, 0.25) is 5.02 Å². The van der Waals surface area contributed by atoms with Crippen molar-refractivity contribution in [3.63, 3.8) is 0 Å². The summed E-state index contributed by atoms with van der Waals surface area (Å²) in [5.74, 6) is -0.910. The fourth-order valence-corrected chi connectivity index (χ4v) is 1.73. The second-order valence-electron chi connectivity index (χ2n) is 4.21. The van der Waals surface area contributed by atoms with Gasteiger partial charge in [-0.1, -0.05) is 17.7 Å². The summed E-state index contributed by atoms with van der Waals surface area (Å²) >= 11 is 5.65. The van der Waals surface area contributed by atoms with Gasteiger partial charge in [-0.05, 0) is 38.0 Å². The monoisotopic (exact) mass is 274 g/mol. The molecule has 1 aromatic carbocycles. The van der Waals surface area contributed by atoms with E-state index in [1.165, 1.54) is 18.2 Å². The van der Waals surface area contributed by atoms with E-state index < -0.39 is 11.4 Å². The van der Waals surface area contributed by atoms with E-state index in [-0.39, 0.29) is 23.8 Å². The summed E-state index contributed by atoms with van der Waals surface area (Å²) in [5.41, 5.74) is -0.775. The average Bonchev–Trinajstić information content (AvgIpc) is 2.30. The lowest BCUT2D eigenvalue weighted by atomic mass is 9.91. The van der Waals surface area contributed by atoms with Gasteiger partial charge in [-0.2, -0.15) is 0 Å². The minimum absolute atomic E-state index is 0.0519. The summed E-state index contributed by atoms with van der Waals surface area (Å²) in [5, 5.41) is 10.2. The summed E-state index contributed by atoms with van der Waals surface area (Å²) in [7, 11) is 0. The molecule has 0 heterocycles. The van der Waals surface area contributed by atoms with E-state index >= 15 is 0 Å². The van der Waals surface area contributed by atoms with Crippen molar-refractivity contribution in [1.82, 2.24) is 0 Å². The van der Waals surface area contributed by atoms with Gasteiger partial charge < -0.3 is 9.84 Å². The number of halogens is 2. The van der Waals surface area contributed by atoms with Crippen LogP contribution in [0.15, 0.2) is 18.2 Å². The SMILES string of the molecule is CCOC(=O)CCC(C)(O)c1ccc(F)c(Cl)c1. The molecular formula is C13H16ClFO3. The summed E-state index contributed by atoms with van der Waals surface area (Å²) in [6, 6.07) is 4.00. The maximum atomic E-state index is 13.0. The lowest BCUT2D eigenvalue weighted by Gasteiger charge is -2.23. The quantitative estimate of drug-likeness (QED) is 0.840. The Hall–Kier alpha value is -1.13. The molecule has 1 atom stereocenters. The summed E-state index contributed by atoms with van der Waals surface area (Å²) in [4.78, 5) is 11.2. The molecule has 100 valence electrons. The molecule has 0 saturated heterocycles. The second-order valence-corrected chi connectivity index (χ2v) is 4.61. The van der Waals surface area contributed by atoms with Gasteiger partial charge in [-0.3, -0.25) is 4.79 Å². The topological polar surface area (TPSA) is 46.5 Å². The van der Waals surface area contributed by atoms with Crippen LogP contribution in [0, 0.1) is 5.82 Å². The third-order valence-electron chi connectivity index (χ3n) is 2.66. The summed E-state index contributed by atoms with van der Waals surface area (Å²) in [6.45, 7) is 3.58. The van der Waals surface area contributed by atoms with E-state index in [0.29, 0.717) is 12.2 Å². The highest BCUT2D eigenvalue weighted by Crippen LogP contribution is 2.29. The first kappa shape index (κ1) is 14.9. The molecule has 1 aromatic rings. The van der Waals surface area contributed by atoms with Crippen molar-refractivity contribution in [2.75, 3.05) is 6.61 Å². The molecule has 0 saturated carbocycles. The molecule has 0 bridgehead atoms. The fraction of sp³-hybridized carbons (Fsp3) is 0.462. The molecule has 0 spiro atoms. The number of hydrogen-bond acceptors (Lipinski definition) is 3. The molecular weight excluding hydrogens is 259 g/mol. The zero-order valence-electron chi connectivity index (χ0n) is 10.4. The Morgan fingerprint density at radius 3 is 2.78 bits per heavy atom. The first-order chi connectivity index (χ1) is 8.36. The number of benzene rings is 1. The van der Waals surface area contributed by atoms with Crippen LogP contribution in [0.4, 0.5) is 4.39 Å². The van der Waals surface area contributed by atoms with Crippen molar-refractivity contribution >= 4 is 17.6 Å². The van der Waals surface area contributed by atoms with Gasteiger partial charge in [0.1, 0.15) is 5.82 Å². The third-order valence-corrected chi connectivity index (χ3v) is 2.95. The summed E-state index contributed by atoms with van der Waals surface area (Å²) < 4.78 is 17.8. The number of esters is 1. The maximum absolute atomic E-state index is 13.0. The molecule has 18 heavy (non-hydrogen) atoms. The Morgan fingerprint density at radius 2 is 2.22 bits per heavy atom. The Balaban J connectivity index is 2.73. The van der Waals surface area contributed by atoms with Crippen LogP contribution in [0.5, 0.6) is 0 Å². The Labute approximate surface area is 111 Å². The molecule has 1 rings (SSSR count). The molecule has 0 aliphatic rings. The smallest absolute Gasteiger partial charge is 0.305 e. The van der Waals surface area contributed by atoms with Gasteiger partial charge in [0.25, 0.3) is 0 Å². The predicted molar refractivity (Wildman–Crippen MR) is 66.8 cm³/mol. The van der Waals surface area contributed by atoms with Crippen molar-refractivity contribution in [3.05, 3.63) is 34.6 Å². The van der Waals surface area contributed by atoms with E-state index in [2.05, 4.69) is 0 Å². The van der Waals surface area contributed by atoms with Gasteiger partial charge in [0.15, 0.2) is 0 Å². The zero-order valence-corrected chi connectivity index (χ0v) is 11.1. The second kappa shape index (κ2) is 6.16. The van der Waals surface area contributed by atoms with Crippen LogP contribution in [-0.4, -0.2) is 17.7 Å². The fourth-order valence-electron chi connectivity index (χ4n) is 1.55. The van der Waals surface area contributed by atoms with Gasteiger partial charge in [0, 0.05) is 6.42 Å². The van der Waals surface area contributed by atoms with Crippen LogP contribution >= 0.6 is 11.6 Å². The van der Waals surface area contributed by atoms with Crippen LogP contribution < -0.4 is 0 Å². The Kier molecular flexibility index (Phi) is 5.11. The van der Waals surface area contributed by atoms with E-state index in [9.17, 15) is 14.3 Å². The number of aliphatic hydroxyl groups is 1. The van der Waals surface area contributed by atoms with Gasteiger partial charge in [0.05, 0.1) is 17.2 Å². The molecule has 0 amide bonds. The zero-order chi connectivity index (χ0) is 13.8. The molecule has 0 aliphatic carbocycles. The van der Waals surface area contributed by atoms with Crippen LogP contribution in [0.1, 0.15) is 32.3 Å². The largest absolute Gasteiger partial charge is 0.466 e. The Morgan fingerprint density at radius 1 is 1.56 bits per heavy atom. The molecule has 0 fully saturated rings. The number of ether oxygens (including phenoxy) is 1. The highest BCUT2D eigenvalue weighted by molar-refractivity contribution is 6.30. The van der Waals surface area contributed by atoms with Crippen molar-refractivity contribution in [1.29, 1.82) is 0 Å². The third kappa shape index (κ3) is 3.96. The first-order valence-corrected chi connectivity index (χ1v) is 6.08. The Bertz CT molecular complexity index is 432. The number of carbonyl (C=O) groups excluding carboxylic acids is 1. The van der Waals surface area contributed by atoms with Crippen molar-refractivity contribution in [2.45, 2.75) is 32.3 Å². The van der Waals surface area contributed by atoms with Crippen molar-refractivity contribution in [2.24, 2.45) is 0 Å². The number of rotatable bonds is 5.